The average Bonchev–Trinajstić information content (AvgIpc) is 2.12. The molecule has 0 aromatic carbocycles. The van der Waals surface area contributed by atoms with Gasteiger partial charge in [-0.05, 0) is 29.3 Å². The SMILES string of the molecule is CC(CCO)Nc1nc(N)ncc1Br. The molecule has 1 heterocycles. The molecule has 1 aromatic heterocycles. The highest BCUT2D eigenvalue weighted by molar-refractivity contribution is 9.10. The average molecular weight is 261 g/mol. The van der Waals surface area contributed by atoms with Crippen molar-refractivity contribution in [3.63, 3.8) is 0 Å². The Balaban J connectivity index is 2.70. The van der Waals surface area contributed by atoms with Crippen LogP contribution in [0.4, 0.5) is 11.8 Å². The van der Waals surface area contributed by atoms with Crippen LogP contribution in [0.2, 0.25) is 0 Å². The molecule has 6 heteroatoms. The fourth-order valence-electron chi connectivity index (χ4n) is 0.981. The van der Waals surface area contributed by atoms with Gasteiger partial charge in [0, 0.05) is 18.8 Å². The molecule has 78 valence electrons. The number of hydrogen-bond acceptors (Lipinski definition) is 5. The number of aliphatic hydroxyl groups is 1. The molecule has 0 bridgehead atoms. The Labute approximate surface area is 90.9 Å². The molecule has 0 saturated carbocycles. The summed E-state index contributed by atoms with van der Waals surface area (Å²) in [4.78, 5) is 7.85. The van der Waals surface area contributed by atoms with Gasteiger partial charge >= 0.3 is 0 Å². The maximum atomic E-state index is 8.73. The normalized spacial score (nSPS) is 12.5. The van der Waals surface area contributed by atoms with Crippen molar-refractivity contribution in [2.75, 3.05) is 17.7 Å². The third-order valence-corrected chi connectivity index (χ3v) is 2.29. The summed E-state index contributed by atoms with van der Waals surface area (Å²) in [5.74, 6) is 0.880. The van der Waals surface area contributed by atoms with Gasteiger partial charge in [0.2, 0.25) is 5.95 Å². The van der Waals surface area contributed by atoms with Gasteiger partial charge in [-0.15, -0.1) is 0 Å². The van der Waals surface area contributed by atoms with Gasteiger partial charge in [0.15, 0.2) is 0 Å². The van der Waals surface area contributed by atoms with E-state index in [9.17, 15) is 0 Å². The number of halogens is 1. The van der Waals surface area contributed by atoms with Crippen LogP contribution in [-0.2, 0) is 0 Å². The fourth-order valence-corrected chi connectivity index (χ4v) is 1.29. The molecule has 0 fully saturated rings. The summed E-state index contributed by atoms with van der Waals surface area (Å²) in [5, 5.41) is 11.8. The minimum absolute atomic E-state index is 0.144. The van der Waals surface area contributed by atoms with Gasteiger partial charge in [-0.25, -0.2) is 4.98 Å². The van der Waals surface area contributed by atoms with Crippen LogP contribution >= 0.6 is 15.9 Å². The van der Waals surface area contributed by atoms with E-state index in [0.717, 1.165) is 4.47 Å². The van der Waals surface area contributed by atoms with Crippen molar-refractivity contribution >= 4 is 27.7 Å². The largest absolute Gasteiger partial charge is 0.396 e. The highest BCUT2D eigenvalue weighted by Crippen LogP contribution is 2.20. The van der Waals surface area contributed by atoms with Crippen molar-refractivity contribution < 1.29 is 5.11 Å². The minimum Gasteiger partial charge on any atom is -0.396 e. The van der Waals surface area contributed by atoms with E-state index in [1.165, 1.54) is 0 Å². The molecule has 4 N–H and O–H groups in total. The molecular formula is C8H13BrN4O. The number of nitrogens with one attached hydrogen (secondary N) is 1. The van der Waals surface area contributed by atoms with E-state index in [2.05, 4.69) is 31.2 Å². The maximum absolute atomic E-state index is 8.73. The summed E-state index contributed by atoms with van der Waals surface area (Å²) >= 11 is 3.30. The topological polar surface area (TPSA) is 84.1 Å². The van der Waals surface area contributed by atoms with Crippen LogP contribution in [0.25, 0.3) is 0 Å². The van der Waals surface area contributed by atoms with Gasteiger partial charge in [0.25, 0.3) is 0 Å². The Bertz CT molecular complexity index is 307. The number of aliphatic hydroxyl groups excluding tert-OH is 1. The molecule has 0 amide bonds. The first-order valence-electron chi connectivity index (χ1n) is 4.29. The Morgan fingerprint density at radius 2 is 2.43 bits per heavy atom. The van der Waals surface area contributed by atoms with Gasteiger partial charge in [0.1, 0.15) is 5.82 Å². The predicted molar refractivity (Wildman–Crippen MR) is 58.9 cm³/mol. The summed E-state index contributed by atoms with van der Waals surface area (Å²) in [6.45, 7) is 2.10. The van der Waals surface area contributed by atoms with Crippen LogP contribution in [-0.4, -0.2) is 27.7 Å². The predicted octanol–water partition coefficient (Wildman–Crippen LogP) is 1.00. The molecule has 0 aliphatic rings. The highest BCUT2D eigenvalue weighted by atomic mass is 79.9. The van der Waals surface area contributed by atoms with Crippen LogP contribution in [0.3, 0.4) is 0 Å². The van der Waals surface area contributed by atoms with Crippen molar-refractivity contribution in [3.8, 4) is 0 Å². The number of nitrogens with zero attached hydrogens (tertiary/aromatic N) is 2. The van der Waals surface area contributed by atoms with Crippen LogP contribution in [0.15, 0.2) is 10.7 Å². The lowest BCUT2D eigenvalue weighted by Crippen LogP contribution is -2.18. The quantitative estimate of drug-likeness (QED) is 0.753. The molecule has 14 heavy (non-hydrogen) atoms. The first kappa shape index (κ1) is 11.2. The molecule has 0 saturated heterocycles. The van der Waals surface area contributed by atoms with Crippen molar-refractivity contribution in [1.29, 1.82) is 0 Å². The molecule has 0 radical (unpaired) electrons. The molecule has 5 nitrogen and oxygen atoms in total. The van der Waals surface area contributed by atoms with E-state index < -0.39 is 0 Å². The summed E-state index contributed by atoms with van der Waals surface area (Å²) < 4.78 is 0.761. The number of nitrogen functional groups attached to an aromatic ring is 1. The van der Waals surface area contributed by atoms with Gasteiger partial charge in [-0.1, -0.05) is 0 Å². The number of nitrogens with two attached hydrogens (primary N) is 1. The maximum Gasteiger partial charge on any atom is 0.221 e. The lowest BCUT2D eigenvalue weighted by molar-refractivity contribution is 0.282. The van der Waals surface area contributed by atoms with E-state index in [1.807, 2.05) is 6.92 Å². The van der Waals surface area contributed by atoms with E-state index >= 15 is 0 Å². The zero-order chi connectivity index (χ0) is 10.6. The molecule has 0 aliphatic carbocycles. The van der Waals surface area contributed by atoms with Crippen molar-refractivity contribution in [2.45, 2.75) is 19.4 Å². The number of anilines is 2. The zero-order valence-electron chi connectivity index (χ0n) is 7.87. The summed E-state index contributed by atoms with van der Waals surface area (Å²) in [6, 6.07) is 0.144. The lowest BCUT2D eigenvalue weighted by atomic mass is 10.2. The number of aromatic nitrogens is 2. The van der Waals surface area contributed by atoms with Crippen LogP contribution in [0.5, 0.6) is 0 Å². The third kappa shape index (κ3) is 3.12. The molecule has 1 atom stereocenters. The van der Waals surface area contributed by atoms with Crippen molar-refractivity contribution in [2.24, 2.45) is 0 Å². The molecule has 0 spiro atoms. The van der Waals surface area contributed by atoms with Gasteiger partial charge < -0.3 is 16.2 Å². The standard InChI is InChI=1S/C8H13BrN4O/c1-5(2-3-14)12-7-6(9)4-11-8(10)13-7/h4-5,14H,2-3H2,1H3,(H3,10,11,12,13). The first-order valence-corrected chi connectivity index (χ1v) is 5.08. The smallest absolute Gasteiger partial charge is 0.221 e. The summed E-state index contributed by atoms with van der Waals surface area (Å²) in [5.41, 5.74) is 5.44. The minimum atomic E-state index is 0.144. The Morgan fingerprint density at radius 3 is 3.07 bits per heavy atom. The molecule has 0 aliphatic heterocycles. The van der Waals surface area contributed by atoms with Crippen LogP contribution in [0.1, 0.15) is 13.3 Å². The Hall–Kier alpha value is -0.880. The zero-order valence-corrected chi connectivity index (χ0v) is 9.45. The second-order valence-corrected chi connectivity index (χ2v) is 3.84. The highest BCUT2D eigenvalue weighted by Gasteiger charge is 2.06. The Kier molecular flexibility index (Phi) is 4.09. The van der Waals surface area contributed by atoms with Crippen molar-refractivity contribution in [1.82, 2.24) is 9.97 Å². The van der Waals surface area contributed by atoms with Crippen LogP contribution in [0, 0.1) is 0 Å². The van der Waals surface area contributed by atoms with Gasteiger partial charge in [-0.3, -0.25) is 0 Å². The summed E-state index contributed by atoms with van der Waals surface area (Å²) in [6.07, 6.45) is 2.26. The van der Waals surface area contributed by atoms with Gasteiger partial charge in [-0.2, -0.15) is 4.98 Å². The monoisotopic (exact) mass is 260 g/mol. The molecular weight excluding hydrogens is 248 g/mol. The molecule has 1 aromatic rings. The van der Waals surface area contributed by atoms with Crippen molar-refractivity contribution in [3.05, 3.63) is 10.7 Å². The van der Waals surface area contributed by atoms with E-state index in [-0.39, 0.29) is 18.6 Å². The lowest BCUT2D eigenvalue weighted by Gasteiger charge is -2.13. The van der Waals surface area contributed by atoms with Gasteiger partial charge in [0.05, 0.1) is 4.47 Å². The second kappa shape index (κ2) is 5.11. The summed E-state index contributed by atoms with van der Waals surface area (Å²) in [7, 11) is 0. The van der Waals surface area contributed by atoms with E-state index in [0.29, 0.717) is 12.2 Å². The molecule has 1 unspecified atom stereocenters. The number of hydrogen-bond donors (Lipinski definition) is 3. The second-order valence-electron chi connectivity index (χ2n) is 2.98. The fraction of sp³-hybridized carbons (Fsp3) is 0.500. The first-order chi connectivity index (χ1) is 6.63. The van der Waals surface area contributed by atoms with E-state index in [4.69, 9.17) is 10.8 Å². The molecule has 1 rings (SSSR count). The number of rotatable bonds is 4. The van der Waals surface area contributed by atoms with Crippen LogP contribution < -0.4 is 11.1 Å². The third-order valence-electron chi connectivity index (χ3n) is 1.71. The van der Waals surface area contributed by atoms with E-state index in [1.54, 1.807) is 6.20 Å². The Morgan fingerprint density at radius 1 is 1.71 bits per heavy atom.